The Bertz CT molecular complexity index is 499. The standard InChI is InChI=1S/C16H23N3/c1-4-10-17-15(5-2)13-6-8-14(9-7-13)16-18-11-12-19(16)3/h6-9,11-12,15,17H,4-5,10H2,1-3H3. The molecule has 0 aliphatic carbocycles. The molecule has 1 atom stereocenters. The van der Waals surface area contributed by atoms with Gasteiger partial charge in [0.2, 0.25) is 0 Å². The second-order valence-corrected chi connectivity index (χ2v) is 4.90. The summed E-state index contributed by atoms with van der Waals surface area (Å²) in [6, 6.07) is 9.19. The summed E-state index contributed by atoms with van der Waals surface area (Å²) in [6.07, 6.45) is 6.09. The summed E-state index contributed by atoms with van der Waals surface area (Å²) >= 11 is 0. The second kappa shape index (κ2) is 6.53. The van der Waals surface area contributed by atoms with E-state index in [0.29, 0.717) is 6.04 Å². The van der Waals surface area contributed by atoms with Crippen LogP contribution in [0.1, 0.15) is 38.3 Å². The smallest absolute Gasteiger partial charge is 0.139 e. The topological polar surface area (TPSA) is 29.9 Å². The Morgan fingerprint density at radius 3 is 2.47 bits per heavy atom. The van der Waals surface area contributed by atoms with Gasteiger partial charge in [-0.1, -0.05) is 38.1 Å². The van der Waals surface area contributed by atoms with Crippen molar-refractivity contribution in [3.63, 3.8) is 0 Å². The fourth-order valence-electron chi connectivity index (χ4n) is 2.32. The largest absolute Gasteiger partial charge is 0.334 e. The van der Waals surface area contributed by atoms with Gasteiger partial charge in [0.1, 0.15) is 5.82 Å². The average Bonchev–Trinajstić information content (AvgIpc) is 2.87. The maximum absolute atomic E-state index is 4.38. The highest BCUT2D eigenvalue weighted by Crippen LogP contribution is 2.21. The van der Waals surface area contributed by atoms with Gasteiger partial charge in [-0.25, -0.2) is 4.98 Å². The van der Waals surface area contributed by atoms with Crippen LogP contribution in [0.5, 0.6) is 0 Å². The zero-order valence-corrected chi connectivity index (χ0v) is 12.1. The Hall–Kier alpha value is -1.61. The maximum Gasteiger partial charge on any atom is 0.139 e. The number of hydrogen-bond acceptors (Lipinski definition) is 2. The van der Waals surface area contributed by atoms with Gasteiger partial charge in [0.25, 0.3) is 0 Å². The molecule has 0 aliphatic heterocycles. The van der Waals surface area contributed by atoms with E-state index in [-0.39, 0.29) is 0 Å². The molecule has 102 valence electrons. The highest BCUT2D eigenvalue weighted by atomic mass is 15.0. The van der Waals surface area contributed by atoms with Crippen LogP contribution in [-0.2, 0) is 7.05 Å². The Morgan fingerprint density at radius 1 is 1.21 bits per heavy atom. The number of imidazole rings is 1. The Balaban J connectivity index is 2.15. The lowest BCUT2D eigenvalue weighted by molar-refractivity contribution is 0.518. The first-order valence-corrected chi connectivity index (χ1v) is 7.07. The first-order chi connectivity index (χ1) is 9.26. The SMILES string of the molecule is CCCNC(CC)c1ccc(-c2nccn2C)cc1. The summed E-state index contributed by atoms with van der Waals surface area (Å²) in [5, 5.41) is 3.58. The lowest BCUT2D eigenvalue weighted by atomic mass is 10.0. The van der Waals surface area contributed by atoms with Gasteiger partial charge in [0.05, 0.1) is 0 Å². The summed E-state index contributed by atoms with van der Waals surface area (Å²) in [7, 11) is 2.02. The maximum atomic E-state index is 4.38. The average molecular weight is 257 g/mol. The molecule has 0 radical (unpaired) electrons. The van der Waals surface area contributed by atoms with E-state index < -0.39 is 0 Å². The minimum absolute atomic E-state index is 0.454. The Kier molecular flexibility index (Phi) is 4.74. The molecule has 0 spiro atoms. The van der Waals surface area contributed by atoms with Crippen LogP contribution >= 0.6 is 0 Å². The highest BCUT2D eigenvalue weighted by Gasteiger charge is 2.09. The van der Waals surface area contributed by atoms with Gasteiger partial charge in [-0.15, -0.1) is 0 Å². The molecule has 1 aromatic heterocycles. The predicted molar refractivity (Wildman–Crippen MR) is 80.0 cm³/mol. The van der Waals surface area contributed by atoms with E-state index in [0.717, 1.165) is 18.8 Å². The van der Waals surface area contributed by atoms with Crippen molar-refractivity contribution in [2.24, 2.45) is 7.05 Å². The lowest BCUT2D eigenvalue weighted by Crippen LogP contribution is -2.21. The molecule has 0 saturated heterocycles. The van der Waals surface area contributed by atoms with Gasteiger partial charge in [0, 0.05) is 31.0 Å². The van der Waals surface area contributed by atoms with Crippen LogP contribution in [-0.4, -0.2) is 16.1 Å². The van der Waals surface area contributed by atoms with Crippen LogP contribution in [0.15, 0.2) is 36.7 Å². The summed E-state index contributed by atoms with van der Waals surface area (Å²) in [6.45, 7) is 5.49. The molecule has 0 saturated carbocycles. The summed E-state index contributed by atoms with van der Waals surface area (Å²) < 4.78 is 2.04. The zero-order chi connectivity index (χ0) is 13.7. The van der Waals surface area contributed by atoms with Crippen LogP contribution in [0.3, 0.4) is 0 Å². The third-order valence-corrected chi connectivity index (χ3v) is 3.44. The van der Waals surface area contributed by atoms with Crippen molar-refractivity contribution in [3.05, 3.63) is 42.2 Å². The summed E-state index contributed by atoms with van der Waals surface area (Å²) in [5.74, 6) is 1.01. The molecule has 0 amide bonds. The Labute approximate surface area is 115 Å². The third kappa shape index (κ3) is 3.24. The van der Waals surface area contributed by atoms with Gasteiger partial charge >= 0.3 is 0 Å². The fraction of sp³-hybridized carbons (Fsp3) is 0.438. The molecule has 3 heteroatoms. The van der Waals surface area contributed by atoms with Crippen molar-refractivity contribution >= 4 is 0 Å². The number of hydrogen-bond donors (Lipinski definition) is 1. The van der Waals surface area contributed by atoms with Gasteiger partial charge < -0.3 is 9.88 Å². The van der Waals surface area contributed by atoms with E-state index in [9.17, 15) is 0 Å². The molecule has 1 unspecified atom stereocenters. The van der Waals surface area contributed by atoms with Crippen molar-refractivity contribution in [2.75, 3.05) is 6.54 Å². The number of benzene rings is 1. The van der Waals surface area contributed by atoms with Crippen LogP contribution in [0.2, 0.25) is 0 Å². The predicted octanol–water partition coefficient (Wildman–Crippen LogP) is 3.54. The molecule has 3 nitrogen and oxygen atoms in total. The number of aryl methyl sites for hydroxylation is 1. The molecule has 1 aromatic carbocycles. The van der Waals surface area contributed by atoms with Crippen molar-refractivity contribution in [3.8, 4) is 11.4 Å². The van der Waals surface area contributed by atoms with Crippen molar-refractivity contribution in [1.29, 1.82) is 0 Å². The monoisotopic (exact) mass is 257 g/mol. The van der Waals surface area contributed by atoms with E-state index in [1.165, 1.54) is 17.5 Å². The first-order valence-electron chi connectivity index (χ1n) is 7.07. The van der Waals surface area contributed by atoms with Gasteiger partial charge in [-0.05, 0) is 24.9 Å². The molecule has 2 aromatic rings. The molecule has 19 heavy (non-hydrogen) atoms. The quantitative estimate of drug-likeness (QED) is 0.858. The van der Waals surface area contributed by atoms with Crippen LogP contribution in [0, 0.1) is 0 Å². The van der Waals surface area contributed by atoms with Crippen molar-refractivity contribution in [2.45, 2.75) is 32.7 Å². The van der Waals surface area contributed by atoms with E-state index >= 15 is 0 Å². The lowest BCUT2D eigenvalue weighted by Gasteiger charge is -2.17. The van der Waals surface area contributed by atoms with Gasteiger partial charge in [0.15, 0.2) is 0 Å². The molecule has 2 rings (SSSR count). The number of nitrogens with one attached hydrogen (secondary N) is 1. The van der Waals surface area contributed by atoms with E-state index in [1.54, 1.807) is 0 Å². The van der Waals surface area contributed by atoms with Crippen LogP contribution in [0.25, 0.3) is 11.4 Å². The second-order valence-electron chi connectivity index (χ2n) is 4.90. The molecule has 0 bridgehead atoms. The number of aromatic nitrogens is 2. The number of nitrogens with zero attached hydrogens (tertiary/aromatic N) is 2. The highest BCUT2D eigenvalue weighted by molar-refractivity contribution is 5.56. The van der Waals surface area contributed by atoms with E-state index in [2.05, 4.69) is 48.4 Å². The zero-order valence-electron chi connectivity index (χ0n) is 12.1. The van der Waals surface area contributed by atoms with Crippen LogP contribution in [0.4, 0.5) is 0 Å². The minimum atomic E-state index is 0.454. The van der Waals surface area contributed by atoms with Gasteiger partial charge in [-0.3, -0.25) is 0 Å². The normalized spacial score (nSPS) is 12.6. The summed E-state index contributed by atoms with van der Waals surface area (Å²) in [5.41, 5.74) is 2.52. The molecular formula is C16H23N3. The Morgan fingerprint density at radius 2 is 1.95 bits per heavy atom. The van der Waals surface area contributed by atoms with Crippen molar-refractivity contribution in [1.82, 2.24) is 14.9 Å². The minimum Gasteiger partial charge on any atom is -0.334 e. The molecule has 1 N–H and O–H groups in total. The van der Waals surface area contributed by atoms with E-state index in [4.69, 9.17) is 0 Å². The molecule has 0 aliphatic rings. The van der Waals surface area contributed by atoms with E-state index in [1.807, 2.05) is 24.0 Å². The molecular weight excluding hydrogens is 234 g/mol. The molecule has 0 fully saturated rings. The van der Waals surface area contributed by atoms with Crippen LogP contribution < -0.4 is 5.32 Å². The molecule has 1 heterocycles. The van der Waals surface area contributed by atoms with Crippen molar-refractivity contribution < 1.29 is 0 Å². The van der Waals surface area contributed by atoms with Gasteiger partial charge in [-0.2, -0.15) is 0 Å². The first kappa shape index (κ1) is 13.8. The third-order valence-electron chi connectivity index (χ3n) is 3.44. The summed E-state index contributed by atoms with van der Waals surface area (Å²) in [4.78, 5) is 4.38. The number of rotatable bonds is 6. The fourth-order valence-corrected chi connectivity index (χ4v) is 2.32.